The quantitative estimate of drug-likeness (QED) is 0.357. The summed E-state index contributed by atoms with van der Waals surface area (Å²) in [6.45, 7) is 0. The van der Waals surface area contributed by atoms with E-state index in [-0.39, 0.29) is 0 Å². The number of hydrogen-bond acceptors (Lipinski definition) is 1. The number of nitrogens with zero attached hydrogens (tertiary/aromatic N) is 1. The average Bonchev–Trinajstić information content (AvgIpc) is 1.86. The standard InChI is InChI=1S/C3H4NSSe/c5-4-1-2-6-3-4/h1-2H,3H2/q+1. The molecule has 0 spiro atoms. The molecule has 1 aliphatic rings. The molecule has 0 radical (unpaired) electrons. The second kappa shape index (κ2) is 1.82. The molecular weight excluding hydrogens is 161 g/mol. The van der Waals surface area contributed by atoms with Gasteiger partial charge in [0.1, 0.15) is 0 Å². The van der Waals surface area contributed by atoms with E-state index in [1.165, 1.54) is 0 Å². The van der Waals surface area contributed by atoms with Gasteiger partial charge in [0.2, 0.25) is 0 Å². The van der Waals surface area contributed by atoms with Gasteiger partial charge in [-0.05, 0) is 0 Å². The van der Waals surface area contributed by atoms with Crippen molar-refractivity contribution in [2.75, 3.05) is 5.44 Å². The van der Waals surface area contributed by atoms with E-state index < -0.39 is 0 Å². The molecular formula is C3H4NSSe+. The summed E-state index contributed by atoms with van der Waals surface area (Å²) in [6, 6.07) is 0. The van der Waals surface area contributed by atoms with E-state index in [0.29, 0.717) is 15.0 Å². The average molecular weight is 165 g/mol. The summed E-state index contributed by atoms with van der Waals surface area (Å²) >= 11 is 5.45. The van der Waals surface area contributed by atoms with Crippen LogP contribution in [-0.2, 0) is 12.4 Å². The summed E-state index contributed by atoms with van der Waals surface area (Å²) in [5.41, 5.74) is 1.09. The molecule has 0 bridgehead atoms. The van der Waals surface area contributed by atoms with Crippen LogP contribution in [-0.4, -0.2) is 24.3 Å². The van der Waals surface area contributed by atoms with Crippen LogP contribution in [0, 0.1) is 0 Å². The van der Waals surface area contributed by atoms with Gasteiger partial charge >= 0.3 is 47.9 Å². The maximum absolute atomic E-state index is 4.76. The van der Waals surface area contributed by atoms with Gasteiger partial charge in [-0.25, -0.2) is 0 Å². The molecule has 1 heterocycles. The van der Waals surface area contributed by atoms with Gasteiger partial charge in [-0.2, -0.15) is 0 Å². The summed E-state index contributed by atoms with van der Waals surface area (Å²) in [5, 5.41) is 0. The first kappa shape index (κ1) is 4.44. The van der Waals surface area contributed by atoms with Gasteiger partial charge in [0, 0.05) is 0 Å². The molecule has 0 amide bonds. The van der Waals surface area contributed by atoms with Gasteiger partial charge in [0.25, 0.3) is 0 Å². The molecule has 0 aromatic carbocycles. The van der Waals surface area contributed by atoms with Gasteiger partial charge in [0.15, 0.2) is 0 Å². The van der Waals surface area contributed by atoms with Crippen LogP contribution in [0.2, 0.25) is 0 Å². The van der Waals surface area contributed by atoms with Crippen molar-refractivity contribution < 1.29 is 3.95 Å². The number of rotatable bonds is 0. The molecule has 6 heavy (non-hydrogen) atoms. The van der Waals surface area contributed by atoms with Gasteiger partial charge in [0.05, 0.1) is 0 Å². The van der Waals surface area contributed by atoms with Crippen molar-refractivity contribution in [1.29, 1.82) is 0 Å². The first-order chi connectivity index (χ1) is 2.89. The van der Waals surface area contributed by atoms with Crippen molar-refractivity contribution in [3.8, 4) is 0 Å². The van der Waals surface area contributed by atoms with Gasteiger partial charge < -0.3 is 0 Å². The topological polar surface area (TPSA) is 3.01 Å². The van der Waals surface area contributed by atoms with Crippen LogP contribution in [0.1, 0.15) is 0 Å². The molecule has 0 N–H and O–H groups in total. The van der Waals surface area contributed by atoms with Gasteiger partial charge in [-0.1, -0.05) is 0 Å². The molecule has 3 heteroatoms. The Labute approximate surface area is 48.4 Å². The Balaban J connectivity index is 2.59. The van der Waals surface area contributed by atoms with Gasteiger partial charge in [-0.15, -0.1) is 0 Å². The van der Waals surface area contributed by atoms with E-state index in [1.807, 2.05) is 6.20 Å². The third kappa shape index (κ3) is 0.869. The first-order valence-corrected chi connectivity index (χ1v) is 4.18. The van der Waals surface area contributed by atoms with E-state index >= 15 is 0 Å². The van der Waals surface area contributed by atoms with Crippen molar-refractivity contribution in [1.82, 2.24) is 0 Å². The summed E-state index contributed by atoms with van der Waals surface area (Å²) in [4.78, 5) is 2.14. The molecule has 0 aromatic heterocycles. The zero-order valence-corrected chi connectivity index (χ0v) is 5.66. The minimum atomic E-state index is 0.682. The van der Waals surface area contributed by atoms with Crippen LogP contribution in [0.15, 0.2) is 11.2 Å². The van der Waals surface area contributed by atoms with Crippen molar-refractivity contribution in [3.63, 3.8) is 0 Å². The summed E-state index contributed by atoms with van der Waals surface area (Å²) in [5.74, 6) is 0. The third-order valence-electron chi connectivity index (χ3n) is 0.525. The predicted octanol–water partition coefficient (Wildman–Crippen LogP) is -0.124. The Kier molecular flexibility index (Phi) is 1.35. The SMILES string of the molecule is S=[N+]1C=C[Se]C1. The second-order valence-corrected chi connectivity index (χ2v) is 3.28. The normalized spacial score (nSPS) is 19.7. The van der Waals surface area contributed by atoms with E-state index in [9.17, 15) is 0 Å². The van der Waals surface area contributed by atoms with E-state index in [4.69, 9.17) is 12.4 Å². The molecule has 0 saturated carbocycles. The van der Waals surface area contributed by atoms with Crippen molar-refractivity contribution in [2.24, 2.45) is 0 Å². The van der Waals surface area contributed by atoms with Crippen LogP contribution in [0.25, 0.3) is 0 Å². The van der Waals surface area contributed by atoms with Gasteiger partial charge in [-0.3, -0.25) is 0 Å². The number of hydrogen-bond donors (Lipinski definition) is 0. The Hall–Kier alpha value is 0.279. The van der Waals surface area contributed by atoms with E-state index in [2.05, 4.69) is 4.97 Å². The monoisotopic (exact) mass is 166 g/mol. The molecule has 1 nitrogen and oxygen atoms in total. The fraction of sp³-hybridized carbons (Fsp3) is 0.333. The summed E-state index contributed by atoms with van der Waals surface area (Å²) in [6.07, 6.45) is 1.95. The molecule has 1 aliphatic heterocycles. The summed E-state index contributed by atoms with van der Waals surface area (Å²) < 4.78 is 1.79. The predicted molar refractivity (Wildman–Crippen MR) is 27.4 cm³/mol. The van der Waals surface area contributed by atoms with Crippen molar-refractivity contribution >= 4 is 27.4 Å². The second-order valence-electron chi connectivity index (χ2n) is 0.998. The van der Waals surface area contributed by atoms with Crippen LogP contribution < -0.4 is 0 Å². The Morgan fingerprint density at radius 3 is 2.83 bits per heavy atom. The molecule has 0 saturated heterocycles. The Bertz CT molecular complexity index is 99.0. The summed E-state index contributed by atoms with van der Waals surface area (Å²) in [7, 11) is 0. The molecule has 0 unspecified atom stereocenters. The fourth-order valence-corrected chi connectivity index (χ4v) is 1.98. The van der Waals surface area contributed by atoms with E-state index in [0.717, 1.165) is 5.44 Å². The molecule has 0 fully saturated rings. The van der Waals surface area contributed by atoms with Crippen LogP contribution in [0.5, 0.6) is 0 Å². The Morgan fingerprint density at radius 1 is 1.83 bits per heavy atom. The first-order valence-electron chi connectivity index (χ1n) is 1.61. The molecule has 0 aromatic rings. The molecule has 32 valence electrons. The molecule has 1 rings (SSSR count). The van der Waals surface area contributed by atoms with Crippen molar-refractivity contribution in [2.45, 2.75) is 0 Å². The van der Waals surface area contributed by atoms with E-state index in [1.54, 1.807) is 3.95 Å². The zero-order valence-electron chi connectivity index (χ0n) is 3.13. The molecule has 0 atom stereocenters. The maximum atomic E-state index is 4.76. The van der Waals surface area contributed by atoms with Crippen LogP contribution in [0.3, 0.4) is 0 Å². The van der Waals surface area contributed by atoms with Crippen molar-refractivity contribution in [3.05, 3.63) is 11.2 Å². The zero-order chi connectivity index (χ0) is 4.41. The van der Waals surface area contributed by atoms with Crippen LogP contribution >= 0.6 is 0 Å². The fourth-order valence-electron chi connectivity index (χ4n) is 0.270. The Morgan fingerprint density at radius 2 is 2.67 bits per heavy atom. The third-order valence-corrected chi connectivity index (χ3v) is 2.70. The minimum absolute atomic E-state index is 0.682. The molecule has 0 aliphatic carbocycles. The van der Waals surface area contributed by atoms with Crippen LogP contribution in [0.4, 0.5) is 0 Å².